The third-order valence-corrected chi connectivity index (χ3v) is 3.20. The fourth-order valence-corrected chi connectivity index (χ4v) is 2.01. The Bertz CT molecular complexity index is 308. The van der Waals surface area contributed by atoms with Crippen molar-refractivity contribution < 1.29 is 0 Å². The van der Waals surface area contributed by atoms with E-state index in [1.807, 2.05) is 0 Å². The molecule has 0 radical (unpaired) electrons. The summed E-state index contributed by atoms with van der Waals surface area (Å²) in [6.07, 6.45) is 11.5. The maximum absolute atomic E-state index is 2.43. The summed E-state index contributed by atoms with van der Waals surface area (Å²) >= 11 is 0. The van der Waals surface area contributed by atoms with Gasteiger partial charge in [-0.2, -0.15) is 0 Å². The van der Waals surface area contributed by atoms with Gasteiger partial charge in [-0.15, -0.1) is 0 Å². The van der Waals surface area contributed by atoms with E-state index in [0.717, 1.165) is 0 Å². The van der Waals surface area contributed by atoms with Crippen molar-refractivity contribution in [2.75, 3.05) is 0 Å². The Balaban J connectivity index is 2.16. The summed E-state index contributed by atoms with van der Waals surface area (Å²) in [5.41, 5.74) is 3.00. The van der Waals surface area contributed by atoms with E-state index in [-0.39, 0.29) is 0 Å². The Morgan fingerprint density at radius 1 is 1.06 bits per heavy atom. The molecule has 0 heterocycles. The first-order valence-electron chi connectivity index (χ1n) is 7.02. The SMILES string of the molecule is CCCCCC/C=C(\C)CCc1ccccc1. The third-order valence-electron chi connectivity index (χ3n) is 3.20. The highest BCUT2D eigenvalue weighted by Crippen LogP contribution is 2.11. The lowest BCUT2D eigenvalue weighted by atomic mass is 10.0. The van der Waals surface area contributed by atoms with Gasteiger partial charge in [-0.05, 0) is 38.2 Å². The van der Waals surface area contributed by atoms with Crippen LogP contribution in [-0.4, -0.2) is 0 Å². The van der Waals surface area contributed by atoms with Crippen molar-refractivity contribution >= 4 is 0 Å². The first kappa shape index (κ1) is 14.0. The third kappa shape index (κ3) is 6.99. The molecule has 0 nitrogen and oxygen atoms in total. The molecule has 1 aromatic carbocycles. The van der Waals surface area contributed by atoms with E-state index in [0.29, 0.717) is 0 Å². The van der Waals surface area contributed by atoms with Gasteiger partial charge in [-0.1, -0.05) is 68.2 Å². The fraction of sp³-hybridized carbons (Fsp3) is 0.529. The molecule has 0 bridgehead atoms. The highest BCUT2D eigenvalue weighted by molar-refractivity contribution is 5.16. The Morgan fingerprint density at radius 2 is 1.82 bits per heavy atom. The van der Waals surface area contributed by atoms with Crippen molar-refractivity contribution in [1.82, 2.24) is 0 Å². The summed E-state index contributed by atoms with van der Waals surface area (Å²) in [5, 5.41) is 0. The van der Waals surface area contributed by atoms with Crippen LogP contribution < -0.4 is 0 Å². The zero-order valence-electron chi connectivity index (χ0n) is 11.4. The molecule has 0 heteroatoms. The molecular weight excluding hydrogens is 204 g/mol. The molecule has 0 aliphatic rings. The van der Waals surface area contributed by atoms with E-state index in [9.17, 15) is 0 Å². The molecule has 0 unspecified atom stereocenters. The Hall–Kier alpha value is -1.04. The summed E-state index contributed by atoms with van der Waals surface area (Å²) in [7, 11) is 0. The monoisotopic (exact) mass is 230 g/mol. The van der Waals surface area contributed by atoms with Gasteiger partial charge < -0.3 is 0 Å². The summed E-state index contributed by atoms with van der Waals surface area (Å²) < 4.78 is 0. The molecule has 1 aromatic rings. The van der Waals surface area contributed by atoms with Crippen molar-refractivity contribution in [2.45, 2.75) is 58.8 Å². The second-order valence-electron chi connectivity index (χ2n) is 4.89. The van der Waals surface area contributed by atoms with Crippen molar-refractivity contribution in [3.8, 4) is 0 Å². The van der Waals surface area contributed by atoms with Crippen LogP contribution in [0.2, 0.25) is 0 Å². The summed E-state index contributed by atoms with van der Waals surface area (Å²) in [6, 6.07) is 10.8. The maximum atomic E-state index is 2.43. The van der Waals surface area contributed by atoms with E-state index in [2.05, 4.69) is 50.3 Å². The van der Waals surface area contributed by atoms with E-state index in [4.69, 9.17) is 0 Å². The predicted molar refractivity (Wildman–Crippen MR) is 77.3 cm³/mol. The standard InChI is InChI=1S/C17H26/c1-3-4-5-6-8-11-16(2)14-15-17-12-9-7-10-13-17/h7,9-13H,3-6,8,14-15H2,1-2H3/b16-11+. The maximum Gasteiger partial charge on any atom is -0.0242 e. The number of rotatable bonds is 8. The van der Waals surface area contributed by atoms with E-state index in [1.165, 1.54) is 50.5 Å². The van der Waals surface area contributed by atoms with Crippen molar-refractivity contribution in [3.05, 3.63) is 47.5 Å². The normalized spacial score (nSPS) is 11.8. The molecular formula is C17H26. The first-order valence-corrected chi connectivity index (χ1v) is 7.02. The molecule has 0 aliphatic carbocycles. The van der Waals surface area contributed by atoms with Crippen molar-refractivity contribution in [2.24, 2.45) is 0 Å². The largest absolute Gasteiger partial charge is 0.0856 e. The molecule has 0 N–H and O–H groups in total. The molecule has 0 spiro atoms. The molecule has 1 rings (SSSR count). The van der Waals surface area contributed by atoms with Gasteiger partial charge in [0.1, 0.15) is 0 Å². The predicted octanol–water partition coefficient (Wildman–Crippen LogP) is 5.54. The second kappa shape index (κ2) is 9.04. The van der Waals surface area contributed by atoms with Crippen molar-refractivity contribution in [1.29, 1.82) is 0 Å². The highest BCUT2D eigenvalue weighted by Gasteiger charge is 1.93. The Morgan fingerprint density at radius 3 is 2.53 bits per heavy atom. The lowest BCUT2D eigenvalue weighted by Crippen LogP contribution is -1.86. The zero-order valence-corrected chi connectivity index (χ0v) is 11.4. The summed E-state index contributed by atoms with van der Waals surface area (Å²) in [5.74, 6) is 0. The molecule has 0 saturated carbocycles. The molecule has 0 aromatic heterocycles. The summed E-state index contributed by atoms with van der Waals surface area (Å²) in [6.45, 7) is 4.53. The first-order chi connectivity index (χ1) is 8.33. The van der Waals surface area contributed by atoms with Crippen LogP contribution >= 0.6 is 0 Å². The smallest absolute Gasteiger partial charge is 0.0242 e. The van der Waals surface area contributed by atoms with Gasteiger partial charge in [0, 0.05) is 0 Å². The average molecular weight is 230 g/mol. The molecule has 17 heavy (non-hydrogen) atoms. The minimum absolute atomic E-state index is 1.18. The van der Waals surface area contributed by atoms with Gasteiger partial charge in [0.15, 0.2) is 0 Å². The zero-order chi connectivity index (χ0) is 12.3. The van der Waals surface area contributed by atoms with E-state index < -0.39 is 0 Å². The van der Waals surface area contributed by atoms with Gasteiger partial charge in [0.2, 0.25) is 0 Å². The van der Waals surface area contributed by atoms with Crippen LogP contribution in [0.25, 0.3) is 0 Å². The van der Waals surface area contributed by atoms with Crippen LogP contribution in [0.4, 0.5) is 0 Å². The Kier molecular flexibility index (Phi) is 7.46. The van der Waals surface area contributed by atoms with Gasteiger partial charge in [0.05, 0.1) is 0 Å². The lowest BCUT2D eigenvalue weighted by molar-refractivity contribution is 0.672. The molecule has 0 amide bonds. The number of hydrogen-bond donors (Lipinski definition) is 0. The molecule has 0 aliphatic heterocycles. The van der Waals surface area contributed by atoms with Crippen LogP contribution in [0.15, 0.2) is 42.0 Å². The van der Waals surface area contributed by atoms with Crippen LogP contribution in [0.3, 0.4) is 0 Å². The molecule has 0 atom stereocenters. The van der Waals surface area contributed by atoms with Gasteiger partial charge >= 0.3 is 0 Å². The fourth-order valence-electron chi connectivity index (χ4n) is 2.01. The minimum Gasteiger partial charge on any atom is -0.0856 e. The highest BCUT2D eigenvalue weighted by atomic mass is 14.0. The number of benzene rings is 1. The van der Waals surface area contributed by atoms with Crippen LogP contribution in [-0.2, 0) is 6.42 Å². The average Bonchev–Trinajstić information content (AvgIpc) is 2.37. The molecule has 0 saturated heterocycles. The summed E-state index contributed by atoms with van der Waals surface area (Å²) in [4.78, 5) is 0. The van der Waals surface area contributed by atoms with Gasteiger partial charge in [-0.3, -0.25) is 0 Å². The molecule has 94 valence electrons. The van der Waals surface area contributed by atoms with E-state index in [1.54, 1.807) is 5.57 Å². The number of allylic oxidation sites excluding steroid dienone is 2. The van der Waals surface area contributed by atoms with E-state index >= 15 is 0 Å². The minimum atomic E-state index is 1.18. The lowest BCUT2D eigenvalue weighted by Gasteiger charge is -2.02. The van der Waals surface area contributed by atoms with Crippen LogP contribution in [0.1, 0.15) is 57.9 Å². The quantitative estimate of drug-likeness (QED) is 0.406. The van der Waals surface area contributed by atoms with Crippen LogP contribution in [0.5, 0.6) is 0 Å². The number of aryl methyl sites for hydroxylation is 1. The second-order valence-corrected chi connectivity index (χ2v) is 4.89. The van der Waals surface area contributed by atoms with Crippen LogP contribution in [0, 0.1) is 0 Å². The number of unbranched alkanes of at least 4 members (excludes halogenated alkanes) is 4. The van der Waals surface area contributed by atoms with Gasteiger partial charge in [0.25, 0.3) is 0 Å². The van der Waals surface area contributed by atoms with Gasteiger partial charge in [-0.25, -0.2) is 0 Å². The topological polar surface area (TPSA) is 0 Å². The molecule has 0 fully saturated rings. The Labute approximate surface area is 107 Å². The van der Waals surface area contributed by atoms with Crippen molar-refractivity contribution in [3.63, 3.8) is 0 Å². The number of hydrogen-bond acceptors (Lipinski definition) is 0.